The van der Waals surface area contributed by atoms with E-state index >= 15 is 0 Å². The van der Waals surface area contributed by atoms with E-state index in [0.717, 1.165) is 0 Å². The summed E-state index contributed by atoms with van der Waals surface area (Å²) in [6.07, 6.45) is 0. The second kappa shape index (κ2) is 14.8. The van der Waals surface area contributed by atoms with E-state index in [4.69, 9.17) is 0 Å². The van der Waals surface area contributed by atoms with Gasteiger partial charge in [-0.25, -0.2) is 0 Å². The van der Waals surface area contributed by atoms with Crippen LogP contribution >= 0.6 is 0 Å². The minimum Gasteiger partial charge on any atom is -0.0447 e. The third kappa shape index (κ3) is 6.93. The Hall–Kier alpha value is -3.12. The van der Waals surface area contributed by atoms with Gasteiger partial charge in [0.05, 0.1) is 0 Å². The average molecular weight is 619 g/mol. The van der Waals surface area contributed by atoms with Gasteiger partial charge in [0.15, 0.2) is 0 Å². The Balaban J connectivity index is 0.000000261. The molecule has 0 spiro atoms. The molecule has 0 aliphatic heterocycles. The molecule has 0 saturated heterocycles. The van der Waals surface area contributed by atoms with Crippen LogP contribution in [0.4, 0.5) is 0 Å². The Morgan fingerprint density at radius 1 is 0.109 bits per heavy atom. The van der Waals surface area contributed by atoms with E-state index in [1.165, 1.54) is 134 Å². The van der Waals surface area contributed by atoms with Crippen molar-refractivity contribution in [3.63, 3.8) is 0 Å². The Bertz CT molecular complexity index is 1410. The molecule has 0 bridgehead atoms. The number of benzene rings is 4. The van der Waals surface area contributed by atoms with Crippen LogP contribution in [0.15, 0.2) is 0 Å². The summed E-state index contributed by atoms with van der Waals surface area (Å²) >= 11 is 0. The summed E-state index contributed by atoms with van der Waals surface area (Å²) in [5.41, 5.74) is 34.8. The van der Waals surface area contributed by atoms with Crippen molar-refractivity contribution in [2.45, 2.75) is 152 Å². The third-order valence-corrected chi connectivity index (χ3v) is 13.0. The summed E-state index contributed by atoms with van der Waals surface area (Å²) in [4.78, 5) is 0. The van der Waals surface area contributed by atoms with E-state index in [1.54, 1.807) is 0 Å². The minimum absolute atomic E-state index is 1.44. The molecule has 0 saturated carbocycles. The van der Waals surface area contributed by atoms with Crippen molar-refractivity contribution in [1.29, 1.82) is 0 Å². The Kier molecular flexibility index (Phi) is 12.5. The van der Waals surface area contributed by atoms with Crippen LogP contribution in [-0.4, -0.2) is 0 Å². The fourth-order valence-electron chi connectivity index (χ4n) is 7.12. The number of hydrogen-bond acceptors (Lipinski definition) is 0. The molecule has 0 heterocycles. The smallest absolute Gasteiger partial charge is 0.0114 e. The molecule has 0 fully saturated rings. The molecule has 4 aromatic carbocycles. The first-order valence-corrected chi connectivity index (χ1v) is 17.2. The maximum absolute atomic E-state index is 2.29. The Morgan fingerprint density at radius 3 is 0.261 bits per heavy atom. The molecule has 0 atom stereocenters. The van der Waals surface area contributed by atoms with Crippen molar-refractivity contribution in [3.05, 3.63) is 122 Å². The summed E-state index contributed by atoms with van der Waals surface area (Å²) in [5.74, 6) is 0. The second-order valence-electron chi connectivity index (χ2n) is 14.5. The van der Waals surface area contributed by atoms with E-state index in [0.29, 0.717) is 0 Å². The molecule has 0 N–H and O–H groups in total. The van der Waals surface area contributed by atoms with Gasteiger partial charge < -0.3 is 0 Å². The van der Waals surface area contributed by atoms with Crippen LogP contribution in [0.2, 0.25) is 0 Å². The molecular weight excluding hydrogens is 553 g/mol. The van der Waals surface area contributed by atoms with Gasteiger partial charge in [-0.15, -0.1) is 0 Å². The topological polar surface area (TPSA) is 0 Å². The van der Waals surface area contributed by atoms with Gasteiger partial charge >= 0.3 is 0 Å². The molecule has 4 rings (SSSR count). The van der Waals surface area contributed by atoms with Crippen molar-refractivity contribution < 1.29 is 0 Å². The fourth-order valence-corrected chi connectivity index (χ4v) is 7.12. The van der Waals surface area contributed by atoms with Crippen molar-refractivity contribution in [2.24, 2.45) is 0 Å². The Labute approximate surface area is 285 Å². The highest BCUT2D eigenvalue weighted by molar-refractivity contribution is 5.81. The monoisotopic (exact) mass is 619 g/mol. The lowest BCUT2D eigenvalue weighted by Crippen LogP contribution is -2.05. The number of rotatable bonds is 1. The van der Waals surface area contributed by atoms with Gasteiger partial charge in [0.1, 0.15) is 0 Å². The van der Waals surface area contributed by atoms with Crippen molar-refractivity contribution >= 4 is 0 Å². The molecule has 0 nitrogen and oxygen atoms in total. The normalized spacial score (nSPS) is 10.8. The van der Waals surface area contributed by atoms with Gasteiger partial charge in [-0.05, 0) is 286 Å². The average Bonchev–Trinajstić information content (AvgIpc) is 3.04. The summed E-state index contributed by atoms with van der Waals surface area (Å²) in [5, 5.41) is 0. The van der Waals surface area contributed by atoms with Gasteiger partial charge in [-0.1, -0.05) is 0 Å². The maximum Gasteiger partial charge on any atom is -0.0114 e. The van der Waals surface area contributed by atoms with Crippen LogP contribution in [0.5, 0.6) is 0 Å². The predicted molar refractivity (Wildman–Crippen MR) is 209 cm³/mol. The molecule has 46 heavy (non-hydrogen) atoms. The molecule has 0 amide bonds. The molecule has 0 unspecified atom stereocenters. The van der Waals surface area contributed by atoms with E-state index in [9.17, 15) is 0 Å². The molecule has 0 radical (unpaired) electrons. The first kappa shape index (κ1) is 39.1. The van der Waals surface area contributed by atoms with Crippen molar-refractivity contribution in [3.8, 4) is 11.1 Å². The van der Waals surface area contributed by atoms with Crippen LogP contribution in [0.1, 0.15) is 122 Å². The second-order valence-corrected chi connectivity index (χ2v) is 14.5. The van der Waals surface area contributed by atoms with Crippen molar-refractivity contribution in [2.75, 3.05) is 0 Å². The number of hydrogen-bond donors (Lipinski definition) is 0. The SMILES string of the molecule is Cc1c(C)c(C)c(-c2c(C)c(C)c(C)c(C)c2C)c(C)c1C.Cc1c(C)c(C)c(C)c(C)c1C.Cc1c(C)c(C)c(C)c(C)c1C. The molecule has 0 heteroatoms. The van der Waals surface area contributed by atoms with Crippen LogP contribution in [0.25, 0.3) is 11.1 Å². The van der Waals surface area contributed by atoms with Gasteiger partial charge in [0.25, 0.3) is 0 Å². The Morgan fingerprint density at radius 2 is 0.174 bits per heavy atom. The first-order chi connectivity index (χ1) is 21.0. The highest BCUT2D eigenvalue weighted by Crippen LogP contribution is 2.40. The van der Waals surface area contributed by atoms with Gasteiger partial charge in [0, 0.05) is 0 Å². The zero-order valence-corrected chi connectivity index (χ0v) is 34.0. The summed E-state index contributed by atoms with van der Waals surface area (Å²) in [6.45, 7) is 49.2. The molecule has 0 aliphatic rings. The summed E-state index contributed by atoms with van der Waals surface area (Å²) in [7, 11) is 0. The van der Waals surface area contributed by atoms with Crippen LogP contribution in [-0.2, 0) is 0 Å². The van der Waals surface area contributed by atoms with Crippen LogP contribution in [0, 0.1) is 152 Å². The lowest BCUT2D eigenvalue weighted by atomic mass is 9.80. The molecular formula is C46H66. The fraction of sp³-hybridized carbons (Fsp3) is 0.478. The van der Waals surface area contributed by atoms with Gasteiger partial charge in [-0.3, -0.25) is 0 Å². The quantitative estimate of drug-likeness (QED) is 0.199. The highest BCUT2D eigenvalue weighted by atomic mass is 14.2. The van der Waals surface area contributed by atoms with E-state index < -0.39 is 0 Å². The zero-order valence-electron chi connectivity index (χ0n) is 34.0. The molecule has 250 valence electrons. The molecule has 4 aromatic rings. The lowest BCUT2D eigenvalue weighted by Gasteiger charge is -2.25. The lowest BCUT2D eigenvalue weighted by molar-refractivity contribution is 1.13. The highest BCUT2D eigenvalue weighted by Gasteiger charge is 2.20. The standard InChI is InChI=1S/C22H30.2C12H18/c1-11-13(3)17(7)21(18(8)14(11)4)22-19(9)15(5)12(2)16(6)20(22)10;2*1-7-8(2)10(4)12(6)11(5)9(7)3/h1-10H3;2*1-6H3. The van der Waals surface area contributed by atoms with Gasteiger partial charge in [-0.2, -0.15) is 0 Å². The largest absolute Gasteiger partial charge is 0.0447 e. The van der Waals surface area contributed by atoms with Crippen LogP contribution in [0.3, 0.4) is 0 Å². The third-order valence-electron chi connectivity index (χ3n) is 13.0. The summed E-state index contributed by atoms with van der Waals surface area (Å²) < 4.78 is 0. The van der Waals surface area contributed by atoms with E-state index in [2.05, 4.69) is 152 Å². The van der Waals surface area contributed by atoms with Gasteiger partial charge in [0.2, 0.25) is 0 Å². The maximum atomic E-state index is 2.29. The van der Waals surface area contributed by atoms with E-state index in [1.807, 2.05) is 0 Å². The first-order valence-electron chi connectivity index (χ1n) is 17.2. The molecule has 0 aromatic heterocycles. The predicted octanol–water partition coefficient (Wildman–Crippen LogP) is 13.5. The van der Waals surface area contributed by atoms with Crippen molar-refractivity contribution in [1.82, 2.24) is 0 Å². The minimum atomic E-state index is 1.44. The van der Waals surface area contributed by atoms with E-state index in [-0.39, 0.29) is 0 Å². The molecule has 0 aliphatic carbocycles. The van der Waals surface area contributed by atoms with Crippen LogP contribution < -0.4 is 0 Å². The zero-order chi connectivity index (χ0) is 35.9. The summed E-state index contributed by atoms with van der Waals surface area (Å²) in [6, 6.07) is 0.